The third kappa shape index (κ3) is 5.09. The molecule has 14 heavy (non-hydrogen) atoms. The second-order valence-electron chi connectivity index (χ2n) is 3.77. The molecule has 1 unspecified atom stereocenters. The van der Waals surface area contributed by atoms with Crippen molar-refractivity contribution in [1.29, 1.82) is 0 Å². The molecule has 0 bridgehead atoms. The fourth-order valence-corrected chi connectivity index (χ4v) is 7.45. The van der Waals surface area contributed by atoms with Crippen LogP contribution in [-0.4, -0.2) is 36.5 Å². The van der Waals surface area contributed by atoms with E-state index in [1.165, 1.54) is 31.1 Å². The van der Waals surface area contributed by atoms with E-state index in [4.69, 9.17) is 0 Å². The van der Waals surface area contributed by atoms with Crippen LogP contribution in [-0.2, 0) is 0 Å². The van der Waals surface area contributed by atoms with E-state index in [0.717, 1.165) is 5.66 Å². The summed E-state index contributed by atoms with van der Waals surface area (Å²) in [5.41, 5.74) is 1.08. The summed E-state index contributed by atoms with van der Waals surface area (Å²) in [5, 5.41) is 0. The van der Waals surface area contributed by atoms with Crippen LogP contribution in [0.1, 0.15) is 41.0 Å². The first-order valence-corrected chi connectivity index (χ1v) is 9.87. The fraction of sp³-hybridized carbons (Fsp3) is 1.00. The summed E-state index contributed by atoms with van der Waals surface area (Å²) in [6.45, 7) is 11.9. The van der Waals surface area contributed by atoms with E-state index < -0.39 is 0 Å². The zero-order valence-electron chi connectivity index (χ0n) is 10.7. The topological polar surface area (TPSA) is 0 Å². The summed E-state index contributed by atoms with van der Waals surface area (Å²) in [4.78, 5) is 0. The summed E-state index contributed by atoms with van der Waals surface area (Å²) in [7, 11) is 0.723. The van der Waals surface area contributed by atoms with Crippen molar-refractivity contribution in [2.24, 2.45) is 0 Å². The SMILES string of the molecule is CCC(CP(CC)CC)P(CC)CC. The average molecular weight is 234 g/mol. The highest BCUT2D eigenvalue weighted by molar-refractivity contribution is 7.62. The standard InChI is InChI=1S/C12H28P2/c1-6-12(14(9-4)10-5)11-13(7-2)8-3/h12H,6-11H2,1-5H3. The van der Waals surface area contributed by atoms with E-state index >= 15 is 0 Å². The van der Waals surface area contributed by atoms with Gasteiger partial charge in [-0.15, -0.1) is 15.8 Å². The van der Waals surface area contributed by atoms with Gasteiger partial charge < -0.3 is 0 Å². The molecule has 1 atom stereocenters. The molecule has 86 valence electrons. The minimum Gasteiger partial charge on any atom is -0.107 e. The Kier molecular flexibility index (Phi) is 9.67. The van der Waals surface area contributed by atoms with Gasteiger partial charge in [-0.25, -0.2) is 0 Å². The first-order chi connectivity index (χ1) is 6.73. The third-order valence-corrected chi connectivity index (χ3v) is 9.40. The van der Waals surface area contributed by atoms with Gasteiger partial charge in [-0.2, -0.15) is 0 Å². The molecule has 0 heterocycles. The molecule has 0 saturated heterocycles. The second-order valence-corrected chi connectivity index (χ2v) is 9.91. The molecule has 0 nitrogen and oxygen atoms in total. The maximum absolute atomic E-state index is 2.39. The smallest absolute Gasteiger partial charge is 0.0173 e. The van der Waals surface area contributed by atoms with E-state index in [1.54, 1.807) is 6.16 Å². The van der Waals surface area contributed by atoms with Crippen molar-refractivity contribution in [3.63, 3.8) is 0 Å². The summed E-state index contributed by atoms with van der Waals surface area (Å²) in [5.74, 6) is 0. The van der Waals surface area contributed by atoms with Gasteiger partial charge in [0.25, 0.3) is 0 Å². The van der Waals surface area contributed by atoms with Crippen LogP contribution < -0.4 is 0 Å². The van der Waals surface area contributed by atoms with Crippen LogP contribution in [0.25, 0.3) is 0 Å². The molecule has 0 aliphatic carbocycles. The molecule has 0 amide bonds. The van der Waals surface area contributed by atoms with Crippen LogP contribution in [0.5, 0.6) is 0 Å². The summed E-state index contributed by atoms with van der Waals surface area (Å²) >= 11 is 0. The molecule has 0 aromatic heterocycles. The molecule has 0 aliphatic rings. The lowest BCUT2D eigenvalue weighted by Gasteiger charge is -2.28. The van der Waals surface area contributed by atoms with E-state index in [9.17, 15) is 0 Å². The third-order valence-electron chi connectivity index (χ3n) is 3.16. The molecule has 0 aliphatic heterocycles. The van der Waals surface area contributed by atoms with Crippen LogP contribution in [0.15, 0.2) is 0 Å². The zero-order valence-corrected chi connectivity index (χ0v) is 12.5. The molecule has 0 rings (SSSR count). The second kappa shape index (κ2) is 9.11. The van der Waals surface area contributed by atoms with Crippen molar-refractivity contribution in [2.45, 2.75) is 46.7 Å². The maximum atomic E-state index is 2.39. The molecule has 0 spiro atoms. The van der Waals surface area contributed by atoms with Gasteiger partial charge in [-0.3, -0.25) is 0 Å². The summed E-state index contributed by atoms with van der Waals surface area (Å²) < 4.78 is 0. The van der Waals surface area contributed by atoms with Crippen molar-refractivity contribution >= 4 is 15.8 Å². The Morgan fingerprint density at radius 3 is 1.57 bits per heavy atom. The van der Waals surface area contributed by atoms with Gasteiger partial charge in [0.2, 0.25) is 0 Å². The summed E-state index contributed by atoms with van der Waals surface area (Å²) in [6, 6.07) is 0. The fourth-order valence-electron chi connectivity index (χ4n) is 2.02. The molecule has 0 fully saturated rings. The van der Waals surface area contributed by atoms with Crippen LogP contribution in [0.3, 0.4) is 0 Å². The lowest BCUT2D eigenvalue weighted by Crippen LogP contribution is -2.12. The predicted octanol–water partition coefficient (Wildman–Crippen LogP) is 4.81. The molecule has 0 N–H and O–H groups in total. The van der Waals surface area contributed by atoms with E-state index in [0.29, 0.717) is 15.8 Å². The number of hydrogen-bond acceptors (Lipinski definition) is 0. The van der Waals surface area contributed by atoms with Gasteiger partial charge in [0.1, 0.15) is 0 Å². The lowest BCUT2D eigenvalue weighted by molar-refractivity contribution is 0.890. The van der Waals surface area contributed by atoms with Crippen LogP contribution >= 0.6 is 15.8 Å². The van der Waals surface area contributed by atoms with Crippen molar-refractivity contribution in [3.05, 3.63) is 0 Å². The predicted molar refractivity (Wildman–Crippen MR) is 75.0 cm³/mol. The van der Waals surface area contributed by atoms with Gasteiger partial charge in [0.15, 0.2) is 0 Å². The minimum atomic E-state index is 0.353. The Bertz CT molecular complexity index is 117. The van der Waals surface area contributed by atoms with Crippen molar-refractivity contribution < 1.29 is 0 Å². The van der Waals surface area contributed by atoms with E-state index in [1.807, 2.05) is 0 Å². The van der Waals surface area contributed by atoms with Crippen LogP contribution in [0.4, 0.5) is 0 Å². The number of hydrogen-bond donors (Lipinski definition) is 0. The summed E-state index contributed by atoms with van der Waals surface area (Å²) in [6.07, 6.45) is 8.76. The monoisotopic (exact) mass is 234 g/mol. The highest BCUT2D eigenvalue weighted by Gasteiger charge is 2.18. The largest absolute Gasteiger partial charge is 0.107 e. The van der Waals surface area contributed by atoms with Gasteiger partial charge in [-0.05, 0) is 42.9 Å². The van der Waals surface area contributed by atoms with Crippen LogP contribution in [0.2, 0.25) is 0 Å². The van der Waals surface area contributed by atoms with Crippen molar-refractivity contribution in [1.82, 2.24) is 0 Å². The van der Waals surface area contributed by atoms with E-state index in [2.05, 4.69) is 34.6 Å². The van der Waals surface area contributed by atoms with Crippen LogP contribution in [0, 0.1) is 0 Å². The Morgan fingerprint density at radius 2 is 1.29 bits per heavy atom. The first kappa shape index (κ1) is 14.9. The first-order valence-electron chi connectivity index (χ1n) is 6.19. The highest BCUT2D eigenvalue weighted by atomic mass is 31.1. The normalized spacial score (nSPS) is 13.9. The van der Waals surface area contributed by atoms with Gasteiger partial charge >= 0.3 is 0 Å². The molecule has 0 aromatic rings. The molecule has 0 aromatic carbocycles. The Morgan fingerprint density at radius 1 is 0.786 bits per heavy atom. The maximum Gasteiger partial charge on any atom is -0.0173 e. The zero-order chi connectivity index (χ0) is 11.0. The minimum absolute atomic E-state index is 0.353. The molecule has 2 heteroatoms. The van der Waals surface area contributed by atoms with Gasteiger partial charge in [0.05, 0.1) is 0 Å². The number of rotatable bonds is 8. The highest BCUT2D eigenvalue weighted by Crippen LogP contribution is 2.48. The quantitative estimate of drug-likeness (QED) is 0.529. The molecule has 0 radical (unpaired) electrons. The van der Waals surface area contributed by atoms with Crippen molar-refractivity contribution in [3.8, 4) is 0 Å². The van der Waals surface area contributed by atoms with Gasteiger partial charge in [0, 0.05) is 0 Å². The lowest BCUT2D eigenvalue weighted by atomic mass is 10.4. The Hall–Kier alpha value is 0.860. The molecular weight excluding hydrogens is 206 g/mol. The van der Waals surface area contributed by atoms with Gasteiger partial charge in [-0.1, -0.05) is 34.6 Å². The average Bonchev–Trinajstić information content (AvgIpc) is 2.24. The van der Waals surface area contributed by atoms with Crippen molar-refractivity contribution in [2.75, 3.05) is 30.8 Å². The Balaban J connectivity index is 4.10. The Labute approximate surface area is 93.8 Å². The van der Waals surface area contributed by atoms with E-state index in [-0.39, 0.29) is 0 Å². The molecular formula is C12H28P2. The molecule has 0 saturated carbocycles.